The lowest BCUT2D eigenvalue weighted by atomic mass is 10.1. The van der Waals surface area contributed by atoms with E-state index in [0.29, 0.717) is 5.76 Å². The SMILES string of the molecule is CCCCNc1ccc(NC(=O)c2ccc(C#CC3=CCCC=C3)o2)cc1.CNC. The van der Waals surface area contributed by atoms with Gasteiger partial charge in [0.1, 0.15) is 0 Å². The van der Waals surface area contributed by atoms with Crippen molar-refractivity contribution in [1.82, 2.24) is 5.32 Å². The molecule has 3 rings (SSSR count). The number of anilines is 2. The van der Waals surface area contributed by atoms with Crippen LogP contribution in [0.2, 0.25) is 0 Å². The zero-order valence-electron chi connectivity index (χ0n) is 18.0. The van der Waals surface area contributed by atoms with Gasteiger partial charge in [-0.25, -0.2) is 0 Å². The van der Waals surface area contributed by atoms with Crippen LogP contribution >= 0.6 is 0 Å². The summed E-state index contributed by atoms with van der Waals surface area (Å²) in [6.45, 7) is 3.11. The first-order valence-electron chi connectivity index (χ1n) is 10.4. The first-order chi connectivity index (χ1) is 14.7. The number of allylic oxidation sites excluding steroid dienone is 4. The van der Waals surface area contributed by atoms with Gasteiger partial charge >= 0.3 is 0 Å². The standard InChI is InChI=1S/C23H24N2O2.C2H7N/c1-2-3-17-24-19-10-12-20(13-11-19)25-23(26)22-16-15-21(27-22)14-9-18-7-5-4-6-8-18;1-3-2/h5,7-8,10-13,15-16,24H,2-4,6,17H2,1H3,(H,25,26);3H,1-2H3. The maximum absolute atomic E-state index is 12.3. The number of nitrogens with one attached hydrogen (secondary N) is 3. The van der Waals surface area contributed by atoms with Gasteiger partial charge in [0.25, 0.3) is 5.91 Å². The normalized spacial score (nSPS) is 12.0. The Morgan fingerprint density at radius 1 is 1.03 bits per heavy atom. The van der Waals surface area contributed by atoms with Crippen molar-refractivity contribution >= 4 is 17.3 Å². The van der Waals surface area contributed by atoms with Gasteiger partial charge in [-0.1, -0.05) is 37.5 Å². The van der Waals surface area contributed by atoms with Crippen molar-refractivity contribution < 1.29 is 9.21 Å². The fourth-order valence-corrected chi connectivity index (χ4v) is 2.64. The van der Waals surface area contributed by atoms with Crippen LogP contribution in [0.25, 0.3) is 0 Å². The van der Waals surface area contributed by atoms with Crippen LogP contribution in [0.3, 0.4) is 0 Å². The highest BCUT2D eigenvalue weighted by Crippen LogP contribution is 2.16. The van der Waals surface area contributed by atoms with Gasteiger partial charge in [0, 0.05) is 23.5 Å². The molecule has 1 heterocycles. The summed E-state index contributed by atoms with van der Waals surface area (Å²) in [7, 11) is 3.75. The third-order valence-electron chi connectivity index (χ3n) is 4.16. The van der Waals surface area contributed by atoms with Crippen LogP contribution in [0, 0.1) is 11.8 Å². The number of furan rings is 1. The Labute approximate surface area is 179 Å². The lowest BCUT2D eigenvalue weighted by Crippen LogP contribution is -2.10. The summed E-state index contributed by atoms with van der Waals surface area (Å²) in [5.41, 5.74) is 2.75. The molecule has 0 bridgehead atoms. The van der Waals surface area contributed by atoms with Crippen molar-refractivity contribution in [3.05, 3.63) is 71.7 Å². The van der Waals surface area contributed by atoms with Gasteiger partial charge in [0.15, 0.2) is 11.5 Å². The topological polar surface area (TPSA) is 66.3 Å². The van der Waals surface area contributed by atoms with E-state index in [9.17, 15) is 4.79 Å². The van der Waals surface area contributed by atoms with Gasteiger partial charge in [-0.2, -0.15) is 0 Å². The highest BCUT2D eigenvalue weighted by Gasteiger charge is 2.11. The lowest BCUT2D eigenvalue weighted by Gasteiger charge is -2.07. The molecule has 2 aromatic rings. The zero-order valence-corrected chi connectivity index (χ0v) is 18.0. The minimum absolute atomic E-state index is 0.248. The molecular formula is C25H31N3O2. The molecule has 30 heavy (non-hydrogen) atoms. The van der Waals surface area contributed by atoms with Crippen molar-refractivity contribution in [2.75, 3.05) is 31.3 Å². The highest BCUT2D eigenvalue weighted by atomic mass is 16.3. The maximum Gasteiger partial charge on any atom is 0.291 e. The van der Waals surface area contributed by atoms with E-state index >= 15 is 0 Å². The molecule has 0 aliphatic heterocycles. The largest absolute Gasteiger partial charge is 0.443 e. The van der Waals surface area contributed by atoms with Crippen molar-refractivity contribution in [3.63, 3.8) is 0 Å². The molecule has 0 fully saturated rings. The minimum Gasteiger partial charge on any atom is -0.443 e. The van der Waals surface area contributed by atoms with E-state index in [2.05, 4.69) is 46.9 Å². The van der Waals surface area contributed by atoms with Gasteiger partial charge in [-0.15, -0.1) is 0 Å². The monoisotopic (exact) mass is 405 g/mol. The van der Waals surface area contributed by atoms with Gasteiger partial charge in [0.05, 0.1) is 0 Å². The fraction of sp³-hybridized carbons (Fsp3) is 0.320. The first-order valence-corrected chi connectivity index (χ1v) is 10.4. The molecule has 5 heteroatoms. The second kappa shape index (κ2) is 13.1. The van der Waals surface area contributed by atoms with E-state index in [4.69, 9.17) is 4.42 Å². The van der Waals surface area contributed by atoms with E-state index in [-0.39, 0.29) is 11.7 Å². The molecule has 0 spiro atoms. The Kier molecular flexibility index (Phi) is 10.0. The molecule has 1 aliphatic carbocycles. The van der Waals surface area contributed by atoms with Crippen LogP contribution < -0.4 is 16.0 Å². The molecule has 3 N–H and O–H groups in total. The number of carbonyl (C=O) groups is 1. The number of benzene rings is 1. The Bertz CT molecular complexity index is 912. The lowest BCUT2D eigenvalue weighted by molar-refractivity contribution is 0.0996. The molecule has 1 aromatic heterocycles. The number of amides is 1. The number of hydrogen-bond donors (Lipinski definition) is 3. The molecule has 5 nitrogen and oxygen atoms in total. The summed E-state index contributed by atoms with van der Waals surface area (Å²) in [5, 5.41) is 8.94. The second-order valence-electron chi connectivity index (χ2n) is 6.86. The van der Waals surface area contributed by atoms with Crippen LogP contribution in [0.5, 0.6) is 0 Å². The molecule has 158 valence electrons. The zero-order chi connectivity index (χ0) is 21.6. The van der Waals surface area contributed by atoms with E-state index in [1.807, 2.05) is 44.4 Å². The van der Waals surface area contributed by atoms with E-state index in [1.165, 1.54) is 0 Å². The molecule has 0 atom stereocenters. The predicted molar refractivity (Wildman–Crippen MR) is 125 cm³/mol. The molecule has 1 aliphatic rings. The summed E-state index contributed by atoms with van der Waals surface area (Å²) < 4.78 is 5.55. The Morgan fingerprint density at radius 2 is 1.77 bits per heavy atom. The van der Waals surface area contributed by atoms with Crippen LogP contribution in [0.4, 0.5) is 11.4 Å². The highest BCUT2D eigenvalue weighted by molar-refractivity contribution is 6.02. The fourth-order valence-electron chi connectivity index (χ4n) is 2.64. The molecule has 0 radical (unpaired) electrons. The van der Waals surface area contributed by atoms with Gasteiger partial charge in [0.2, 0.25) is 0 Å². The summed E-state index contributed by atoms with van der Waals surface area (Å²) in [6, 6.07) is 11.0. The Hall–Kier alpha value is -3.23. The van der Waals surface area contributed by atoms with Crippen molar-refractivity contribution in [2.45, 2.75) is 32.6 Å². The van der Waals surface area contributed by atoms with Crippen molar-refractivity contribution in [2.24, 2.45) is 0 Å². The van der Waals surface area contributed by atoms with E-state index in [0.717, 1.165) is 49.2 Å². The van der Waals surface area contributed by atoms with Crippen LogP contribution in [0.1, 0.15) is 48.9 Å². The number of rotatable bonds is 6. The molecule has 0 unspecified atom stereocenters. The van der Waals surface area contributed by atoms with Gasteiger partial charge in [-0.3, -0.25) is 4.79 Å². The van der Waals surface area contributed by atoms with Crippen molar-refractivity contribution in [1.29, 1.82) is 0 Å². The third-order valence-corrected chi connectivity index (χ3v) is 4.16. The smallest absolute Gasteiger partial charge is 0.291 e. The summed E-state index contributed by atoms with van der Waals surface area (Å²) >= 11 is 0. The molecule has 0 saturated heterocycles. The van der Waals surface area contributed by atoms with Crippen LogP contribution in [-0.2, 0) is 0 Å². The van der Waals surface area contributed by atoms with E-state index in [1.54, 1.807) is 12.1 Å². The number of unbranched alkanes of at least 4 members (excludes halogenated alkanes) is 1. The summed E-state index contributed by atoms with van der Waals surface area (Å²) in [4.78, 5) is 12.3. The van der Waals surface area contributed by atoms with Crippen LogP contribution in [0.15, 0.2) is 64.6 Å². The maximum atomic E-state index is 12.3. The minimum atomic E-state index is -0.286. The predicted octanol–water partition coefficient (Wildman–Crippen LogP) is 5.21. The summed E-state index contributed by atoms with van der Waals surface area (Å²) in [6.07, 6.45) is 10.6. The average Bonchev–Trinajstić information content (AvgIpc) is 3.24. The van der Waals surface area contributed by atoms with Gasteiger partial charge < -0.3 is 20.4 Å². The van der Waals surface area contributed by atoms with E-state index < -0.39 is 0 Å². The Morgan fingerprint density at radius 3 is 2.43 bits per heavy atom. The number of hydrogen-bond acceptors (Lipinski definition) is 4. The molecule has 0 saturated carbocycles. The second-order valence-corrected chi connectivity index (χ2v) is 6.86. The van der Waals surface area contributed by atoms with Crippen molar-refractivity contribution in [3.8, 4) is 11.8 Å². The first kappa shape index (κ1) is 23.1. The summed E-state index contributed by atoms with van der Waals surface area (Å²) in [5.74, 6) is 6.46. The molecule has 1 amide bonds. The molecule has 1 aromatic carbocycles. The number of carbonyl (C=O) groups excluding carboxylic acids is 1. The average molecular weight is 406 g/mol. The molecular weight excluding hydrogens is 374 g/mol. The third kappa shape index (κ3) is 8.02. The quantitative estimate of drug-likeness (QED) is 0.456. The van der Waals surface area contributed by atoms with Gasteiger partial charge in [-0.05, 0) is 75.7 Å². The Balaban J connectivity index is 0.00000101. The van der Waals surface area contributed by atoms with Crippen LogP contribution in [-0.4, -0.2) is 26.5 Å².